The Bertz CT molecular complexity index is 356. The van der Waals surface area contributed by atoms with Gasteiger partial charge in [0.25, 0.3) is 0 Å². The van der Waals surface area contributed by atoms with Gasteiger partial charge in [0.1, 0.15) is 6.04 Å². The van der Waals surface area contributed by atoms with Crippen LogP contribution in [-0.4, -0.2) is 31.3 Å². The van der Waals surface area contributed by atoms with E-state index in [1.54, 1.807) is 0 Å². The van der Waals surface area contributed by atoms with Crippen molar-refractivity contribution in [3.63, 3.8) is 0 Å². The maximum atomic E-state index is 10.9. The van der Waals surface area contributed by atoms with Crippen molar-refractivity contribution in [2.45, 2.75) is 72.1 Å². The highest BCUT2D eigenvalue weighted by atomic mass is 16.5. The molecule has 0 aromatic carbocycles. The highest BCUT2D eigenvalue weighted by Gasteiger charge is 2.61. The zero-order valence-electron chi connectivity index (χ0n) is 13.6. The Labute approximate surface area is 123 Å². The van der Waals surface area contributed by atoms with Crippen LogP contribution >= 0.6 is 0 Å². The van der Waals surface area contributed by atoms with Gasteiger partial charge in [0.2, 0.25) is 0 Å². The first kappa shape index (κ1) is 15.9. The molecule has 0 aliphatic heterocycles. The quantitative estimate of drug-likeness (QED) is 0.729. The summed E-state index contributed by atoms with van der Waals surface area (Å²) in [5.41, 5.74) is 0.620. The van der Waals surface area contributed by atoms with E-state index in [9.17, 15) is 4.91 Å². The second-order valence-electron chi connectivity index (χ2n) is 7.75. The Morgan fingerprint density at radius 2 is 2.05 bits per heavy atom. The van der Waals surface area contributed by atoms with E-state index in [0.29, 0.717) is 30.7 Å². The molecule has 4 nitrogen and oxygen atoms in total. The van der Waals surface area contributed by atoms with Gasteiger partial charge in [-0.15, -0.1) is 0 Å². The average molecular weight is 282 g/mol. The van der Waals surface area contributed by atoms with Crippen molar-refractivity contribution in [1.82, 2.24) is 5.32 Å². The molecule has 2 fully saturated rings. The van der Waals surface area contributed by atoms with Gasteiger partial charge >= 0.3 is 0 Å². The number of hydrogen-bond acceptors (Lipinski definition) is 4. The van der Waals surface area contributed by atoms with Gasteiger partial charge in [-0.3, -0.25) is 0 Å². The van der Waals surface area contributed by atoms with Crippen molar-refractivity contribution in [1.29, 1.82) is 0 Å². The second-order valence-corrected chi connectivity index (χ2v) is 7.75. The number of rotatable bonds is 7. The molecule has 2 saturated carbocycles. The first-order valence-electron chi connectivity index (χ1n) is 7.98. The van der Waals surface area contributed by atoms with Gasteiger partial charge in [-0.25, -0.2) is 0 Å². The molecule has 0 aromatic rings. The Hall–Kier alpha value is -0.480. The minimum atomic E-state index is -0.275. The van der Waals surface area contributed by atoms with E-state index in [1.165, 1.54) is 12.8 Å². The van der Waals surface area contributed by atoms with Crippen LogP contribution in [0.15, 0.2) is 5.18 Å². The average Bonchev–Trinajstić information content (AvgIpc) is 2.71. The lowest BCUT2D eigenvalue weighted by Gasteiger charge is -2.39. The zero-order valence-corrected chi connectivity index (χ0v) is 13.6. The Morgan fingerprint density at radius 3 is 2.50 bits per heavy atom. The normalized spacial score (nSPS) is 36.5. The lowest BCUT2D eigenvalue weighted by atomic mass is 9.70. The summed E-state index contributed by atoms with van der Waals surface area (Å²) in [6, 6.07) is 0.0985. The largest absolute Gasteiger partial charge is 0.375 e. The summed E-state index contributed by atoms with van der Waals surface area (Å²) in [6.45, 7) is 12.3. The third-order valence-electron chi connectivity index (χ3n) is 6.11. The lowest BCUT2D eigenvalue weighted by Crippen LogP contribution is -2.40. The fraction of sp³-hybridized carbons (Fsp3) is 1.00. The molecule has 2 unspecified atom stereocenters. The minimum Gasteiger partial charge on any atom is -0.375 e. The third kappa shape index (κ3) is 2.64. The maximum Gasteiger partial charge on any atom is 0.128 e. The molecule has 2 rings (SSSR count). The highest BCUT2D eigenvalue weighted by Crippen LogP contribution is 2.66. The van der Waals surface area contributed by atoms with Crippen LogP contribution in [0, 0.1) is 21.7 Å². The van der Waals surface area contributed by atoms with Crippen LogP contribution in [0.4, 0.5) is 0 Å². The van der Waals surface area contributed by atoms with Crippen molar-refractivity contribution < 1.29 is 4.74 Å². The lowest BCUT2D eigenvalue weighted by molar-refractivity contribution is -0.0505. The molecule has 0 amide bonds. The predicted octanol–water partition coefficient (Wildman–Crippen LogP) is 3.35. The Morgan fingerprint density at radius 1 is 1.35 bits per heavy atom. The molecule has 116 valence electrons. The number of fused-ring (bicyclic) bond motifs is 2. The Kier molecular flexibility index (Phi) is 4.55. The summed E-state index contributed by atoms with van der Waals surface area (Å²) < 4.78 is 6.13. The van der Waals surface area contributed by atoms with E-state index < -0.39 is 0 Å². The molecular formula is C16H30N2O2. The topological polar surface area (TPSA) is 50.7 Å². The van der Waals surface area contributed by atoms with E-state index in [2.05, 4.69) is 45.1 Å². The fourth-order valence-electron chi connectivity index (χ4n) is 4.11. The minimum absolute atomic E-state index is 0.260. The van der Waals surface area contributed by atoms with Crippen LogP contribution in [0.1, 0.15) is 53.9 Å². The summed E-state index contributed by atoms with van der Waals surface area (Å²) >= 11 is 0. The molecule has 20 heavy (non-hydrogen) atoms. The van der Waals surface area contributed by atoms with Crippen molar-refractivity contribution in [2.75, 3.05) is 13.2 Å². The monoisotopic (exact) mass is 282 g/mol. The number of hydrogen-bond donors (Lipinski definition) is 1. The van der Waals surface area contributed by atoms with Gasteiger partial charge in [0.05, 0.1) is 12.7 Å². The predicted molar refractivity (Wildman–Crippen MR) is 81.7 cm³/mol. The molecule has 2 bridgehead atoms. The van der Waals surface area contributed by atoms with E-state index in [1.807, 2.05) is 0 Å². The molecular weight excluding hydrogens is 252 g/mol. The van der Waals surface area contributed by atoms with Gasteiger partial charge in [-0.05, 0) is 36.0 Å². The van der Waals surface area contributed by atoms with Gasteiger partial charge < -0.3 is 10.1 Å². The summed E-state index contributed by atoms with van der Waals surface area (Å²) in [5, 5.41) is 6.46. The van der Waals surface area contributed by atoms with E-state index in [-0.39, 0.29) is 11.5 Å². The number of ether oxygens (including phenoxy) is 1. The van der Waals surface area contributed by atoms with Crippen LogP contribution in [0.25, 0.3) is 0 Å². The molecule has 2 aliphatic rings. The fourth-order valence-corrected chi connectivity index (χ4v) is 4.11. The molecule has 0 saturated heterocycles. The van der Waals surface area contributed by atoms with Crippen molar-refractivity contribution in [3.8, 4) is 0 Å². The van der Waals surface area contributed by atoms with E-state index in [4.69, 9.17) is 4.74 Å². The van der Waals surface area contributed by atoms with Crippen molar-refractivity contribution >= 4 is 0 Å². The van der Waals surface area contributed by atoms with Crippen molar-refractivity contribution in [2.24, 2.45) is 21.9 Å². The first-order valence-corrected chi connectivity index (χ1v) is 7.98. The molecule has 0 heterocycles. The van der Waals surface area contributed by atoms with Crippen LogP contribution in [0.3, 0.4) is 0 Å². The smallest absolute Gasteiger partial charge is 0.128 e. The van der Waals surface area contributed by atoms with Gasteiger partial charge in [0, 0.05) is 12.6 Å². The van der Waals surface area contributed by atoms with Crippen LogP contribution < -0.4 is 5.32 Å². The van der Waals surface area contributed by atoms with Crippen LogP contribution in [0.5, 0.6) is 0 Å². The zero-order chi connectivity index (χ0) is 15.0. The van der Waals surface area contributed by atoms with E-state index in [0.717, 1.165) is 12.3 Å². The first-order chi connectivity index (χ1) is 9.31. The molecule has 0 spiro atoms. The molecule has 1 N–H and O–H groups in total. The summed E-state index contributed by atoms with van der Waals surface area (Å²) in [4.78, 5) is 10.9. The van der Waals surface area contributed by atoms with Gasteiger partial charge in [-0.1, -0.05) is 39.8 Å². The highest BCUT2D eigenvalue weighted by molar-refractivity contribution is 5.11. The molecule has 0 radical (unpaired) electrons. The summed E-state index contributed by atoms with van der Waals surface area (Å²) in [5.74, 6) is 0.772. The third-order valence-corrected chi connectivity index (χ3v) is 6.11. The van der Waals surface area contributed by atoms with Crippen LogP contribution in [-0.2, 0) is 4.74 Å². The maximum absolute atomic E-state index is 10.9. The van der Waals surface area contributed by atoms with E-state index >= 15 is 0 Å². The standard InChI is InChI=1S/C16H30N2O2/c1-11(2)17-9-13(18-19)10-20-14-8-12-6-7-16(14,5)15(12,3)4/h11-14,17H,6-10H2,1-5H3/t12?,13-,14-,16?/m1/s1. The number of nitrogens with one attached hydrogen (secondary N) is 1. The SMILES string of the molecule is CC(C)NC[C@H](CO[C@@H]1CC2CCC1(C)C2(C)C)N=O. The second kappa shape index (κ2) is 5.72. The Balaban J connectivity index is 1.87. The van der Waals surface area contributed by atoms with Gasteiger partial charge in [-0.2, -0.15) is 4.91 Å². The molecule has 2 aliphatic carbocycles. The number of nitroso groups, excluding NO2 is 1. The van der Waals surface area contributed by atoms with Crippen LogP contribution in [0.2, 0.25) is 0 Å². The summed E-state index contributed by atoms with van der Waals surface area (Å²) in [6.07, 6.45) is 4.01. The molecule has 4 atom stereocenters. The molecule has 4 heteroatoms. The molecule has 0 aromatic heterocycles. The number of nitrogens with zero attached hydrogens (tertiary/aromatic N) is 1. The van der Waals surface area contributed by atoms with Gasteiger partial charge in [0.15, 0.2) is 0 Å². The summed E-state index contributed by atoms with van der Waals surface area (Å²) in [7, 11) is 0. The van der Waals surface area contributed by atoms with Crippen molar-refractivity contribution in [3.05, 3.63) is 4.91 Å².